The van der Waals surface area contributed by atoms with E-state index in [2.05, 4.69) is 41.9 Å². The van der Waals surface area contributed by atoms with Crippen LogP contribution >= 0.6 is 11.3 Å². The molecule has 0 bridgehead atoms. The van der Waals surface area contributed by atoms with Gasteiger partial charge in [-0.05, 0) is 34.7 Å². The Morgan fingerprint density at radius 1 is 1.43 bits per heavy atom. The van der Waals surface area contributed by atoms with E-state index >= 15 is 0 Å². The molecule has 1 N–H and O–H groups in total. The molecule has 1 aliphatic heterocycles. The molecule has 1 aromatic carbocycles. The lowest BCUT2D eigenvalue weighted by Crippen LogP contribution is -2.49. The standard InChI is InChI=1S/C17H22N2OS/c1-12-10-19(13(2)20)8-7-16(12)18-9-14-11-21-17-6-4-3-5-15(14)17/h3-6,11-12,16,18H,7-10H2,1-2H3/t12-,16+/m1/s1. The first kappa shape index (κ1) is 14.5. The Morgan fingerprint density at radius 2 is 2.24 bits per heavy atom. The van der Waals surface area contributed by atoms with Gasteiger partial charge in [0.25, 0.3) is 0 Å². The molecule has 4 heteroatoms. The lowest BCUT2D eigenvalue weighted by atomic mass is 9.93. The molecule has 1 amide bonds. The smallest absolute Gasteiger partial charge is 0.219 e. The van der Waals surface area contributed by atoms with Crippen LogP contribution in [0.2, 0.25) is 0 Å². The minimum Gasteiger partial charge on any atom is -0.343 e. The van der Waals surface area contributed by atoms with Crippen LogP contribution in [0.1, 0.15) is 25.8 Å². The van der Waals surface area contributed by atoms with Crippen molar-refractivity contribution in [1.82, 2.24) is 10.2 Å². The quantitative estimate of drug-likeness (QED) is 0.944. The molecule has 3 rings (SSSR count). The van der Waals surface area contributed by atoms with Gasteiger partial charge in [0, 0.05) is 37.3 Å². The molecule has 2 atom stereocenters. The maximum absolute atomic E-state index is 11.4. The maximum Gasteiger partial charge on any atom is 0.219 e. The molecule has 0 aliphatic carbocycles. The number of piperidine rings is 1. The number of nitrogens with zero attached hydrogens (tertiary/aromatic N) is 1. The van der Waals surface area contributed by atoms with Crippen molar-refractivity contribution in [2.24, 2.45) is 5.92 Å². The van der Waals surface area contributed by atoms with Gasteiger partial charge in [-0.2, -0.15) is 0 Å². The lowest BCUT2D eigenvalue weighted by Gasteiger charge is -2.37. The van der Waals surface area contributed by atoms with Crippen molar-refractivity contribution in [2.75, 3.05) is 13.1 Å². The van der Waals surface area contributed by atoms with E-state index in [0.717, 1.165) is 26.1 Å². The van der Waals surface area contributed by atoms with Gasteiger partial charge in [0.15, 0.2) is 0 Å². The predicted molar refractivity (Wildman–Crippen MR) is 88.5 cm³/mol. The topological polar surface area (TPSA) is 32.3 Å². The first-order chi connectivity index (χ1) is 10.1. The van der Waals surface area contributed by atoms with Gasteiger partial charge in [0.2, 0.25) is 5.91 Å². The zero-order valence-electron chi connectivity index (χ0n) is 12.6. The molecule has 1 aromatic heterocycles. The highest BCUT2D eigenvalue weighted by atomic mass is 32.1. The molecule has 21 heavy (non-hydrogen) atoms. The van der Waals surface area contributed by atoms with Gasteiger partial charge in [-0.1, -0.05) is 25.1 Å². The minimum atomic E-state index is 0.198. The average Bonchev–Trinajstić information content (AvgIpc) is 2.89. The van der Waals surface area contributed by atoms with Gasteiger partial charge < -0.3 is 10.2 Å². The number of rotatable bonds is 3. The molecule has 1 fully saturated rings. The normalized spacial score (nSPS) is 22.7. The molecule has 112 valence electrons. The molecule has 0 spiro atoms. The second-order valence-corrected chi connectivity index (χ2v) is 6.89. The van der Waals surface area contributed by atoms with Gasteiger partial charge in [-0.15, -0.1) is 11.3 Å². The Morgan fingerprint density at radius 3 is 3.00 bits per heavy atom. The number of carbonyl (C=O) groups is 1. The van der Waals surface area contributed by atoms with Crippen molar-refractivity contribution in [2.45, 2.75) is 32.9 Å². The van der Waals surface area contributed by atoms with Crippen molar-refractivity contribution in [3.05, 3.63) is 35.2 Å². The van der Waals surface area contributed by atoms with Crippen molar-refractivity contribution in [3.63, 3.8) is 0 Å². The number of amides is 1. The van der Waals surface area contributed by atoms with Crippen LogP contribution in [0.3, 0.4) is 0 Å². The first-order valence-electron chi connectivity index (χ1n) is 7.59. The summed E-state index contributed by atoms with van der Waals surface area (Å²) in [7, 11) is 0. The highest BCUT2D eigenvalue weighted by molar-refractivity contribution is 7.17. The van der Waals surface area contributed by atoms with Crippen molar-refractivity contribution >= 4 is 27.3 Å². The molecular weight excluding hydrogens is 280 g/mol. The van der Waals surface area contributed by atoms with Crippen LogP contribution in [0.15, 0.2) is 29.6 Å². The van der Waals surface area contributed by atoms with Gasteiger partial charge in [0.1, 0.15) is 0 Å². The fraction of sp³-hybridized carbons (Fsp3) is 0.471. The van der Waals surface area contributed by atoms with E-state index in [0.29, 0.717) is 12.0 Å². The van der Waals surface area contributed by atoms with Gasteiger partial charge in [-0.3, -0.25) is 4.79 Å². The van der Waals surface area contributed by atoms with E-state index in [1.165, 1.54) is 15.6 Å². The first-order valence-corrected chi connectivity index (χ1v) is 8.47. The second-order valence-electron chi connectivity index (χ2n) is 5.98. The number of thiophene rings is 1. The van der Waals surface area contributed by atoms with Crippen LogP contribution in [0, 0.1) is 5.92 Å². The number of benzene rings is 1. The molecule has 3 nitrogen and oxygen atoms in total. The monoisotopic (exact) mass is 302 g/mol. The molecule has 0 saturated carbocycles. The Hall–Kier alpha value is -1.39. The van der Waals surface area contributed by atoms with E-state index in [1.807, 2.05) is 16.2 Å². The van der Waals surface area contributed by atoms with Crippen LogP contribution in [-0.4, -0.2) is 29.9 Å². The minimum absolute atomic E-state index is 0.198. The average molecular weight is 302 g/mol. The molecule has 0 radical (unpaired) electrons. The van der Waals surface area contributed by atoms with Crippen LogP contribution in [0.4, 0.5) is 0 Å². The molecule has 2 aromatic rings. The van der Waals surface area contributed by atoms with E-state index in [4.69, 9.17) is 0 Å². The summed E-state index contributed by atoms with van der Waals surface area (Å²) in [5.74, 6) is 0.705. The zero-order chi connectivity index (χ0) is 14.8. The number of likely N-dealkylation sites (tertiary alicyclic amines) is 1. The zero-order valence-corrected chi connectivity index (χ0v) is 13.5. The lowest BCUT2D eigenvalue weighted by molar-refractivity contribution is -0.130. The highest BCUT2D eigenvalue weighted by Gasteiger charge is 2.26. The fourth-order valence-corrected chi connectivity index (χ4v) is 4.11. The summed E-state index contributed by atoms with van der Waals surface area (Å²) in [6, 6.07) is 9.07. The summed E-state index contributed by atoms with van der Waals surface area (Å²) < 4.78 is 1.36. The van der Waals surface area contributed by atoms with E-state index in [9.17, 15) is 4.79 Å². The van der Waals surface area contributed by atoms with Crippen molar-refractivity contribution in [1.29, 1.82) is 0 Å². The third-order valence-corrected chi connectivity index (χ3v) is 5.48. The SMILES string of the molecule is CC(=O)N1CC[C@H](NCc2csc3ccccc23)[C@H](C)C1. The summed E-state index contributed by atoms with van der Waals surface area (Å²) >= 11 is 1.81. The molecule has 1 saturated heterocycles. The molecule has 0 unspecified atom stereocenters. The number of fused-ring (bicyclic) bond motifs is 1. The van der Waals surface area contributed by atoms with Crippen LogP contribution in [0.25, 0.3) is 10.1 Å². The van der Waals surface area contributed by atoms with E-state index in [-0.39, 0.29) is 5.91 Å². The van der Waals surface area contributed by atoms with Gasteiger partial charge >= 0.3 is 0 Å². The van der Waals surface area contributed by atoms with E-state index < -0.39 is 0 Å². The van der Waals surface area contributed by atoms with E-state index in [1.54, 1.807) is 6.92 Å². The maximum atomic E-state index is 11.4. The highest BCUT2D eigenvalue weighted by Crippen LogP contribution is 2.26. The van der Waals surface area contributed by atoms with Crippen LogP contribution < -0.4 is 5.32 Å². The molecule has 2 heterocycles. The second kappa shape index (κ2) is 6.16. The van der Waals surface area contributed by atoms with Crippen molar-refractivity contribution in [3.8, 4) is 0 Å². The summed E-state index contributed by atoms with van der Waals surface area (Å²) in [6.07, 6.45) is 1.04. The fourth-order valence-electron chi connectivity index (χ4n) is 3.15. The Kier molecular flexibility index (Phi) is 4.27. The summed E-state index contributed by atoms with van der Waals surface area (Å²) in [5, 5.41) is 7.32. The predicted octanol–water partition coefficient (Wildman–Crippen LogP) is 3.25. The number of carbonyl (C=O) groups excluding carboxylic acids is 1. The van der Waals surface area contributed by atoms with Crippen LogP contribution in [0.5, 0.6) is 0 Å². The summed E-state index contributed by atoms with van der Waals surface area (Å²) in [4.78, 5) is 13.4. The Labute approximate surface area is 130 Å². The Bertz CT molecular complexity index is 637. The van der Waals surface area contributed by atoms with Gasteiger partial charge in [0.05, 0.1) is 0 Å². The third kappa shape index (κ3) is 3.11. The number of hydrogen-bond donors (Lipinski definition) is 1. The van der Waals surface area contributed by atoms with Crippen LogP contribution in [-0.2, 0) is 11.3 Å². The van der Waals surface area contributed by atoms with Gasteiger partial charge in [-0.25, -0.2) is 0 Å². The third-order valence-electron chi connectivity index (χ3n) is 4.47. The number of hydrogen-bond acceptors (Lipinski definition) is 3. The largest absolute Gasteiger partial charge is 0.343 e. The summed E-state index contributed by atoms with van der Waals surface area (Å²) in [6.45, 7) is 6.56. The molecule has 1 aliphatic rings. The molecular formula is C17H22N2OS. The Balaban J connectivity index is 1.62. The summed E-state index contributed by atoms with van der Waals surface area (Å²) in [5.41, 5.74) is 1.39. The van der Waals surface area contributed by atoms with Crippen molar-refractivity contribution < 1.29 is 4.79 Å². The number of nitrogens with one attached hydrogen (secondary N) is 1.